The van der Waals surface area contributed by atoms with E-state index in [9.17, 15) is 5.11 Å². The Hall–Kier alpha value is -1.64. The summed E-state index contributed by atoms with van der Waals surface area (Å²) in [5, 5.41) is 12.3. The van der Waals surface area contributed by atoms with Gasteiger partial charge in [-0.1, -0.05) is 48.5 Å². The van der Waals surface area contributed by atoms with E-state index < -0.39 is 5.60 Å². The highest BCUT2D eigenvalue weighted by Crippen LogP contribution is 2.57. The van der Waals surface area contributed by atoms with Crippen molar-refractivity contribution in [3.8, 4) is 0 Å². The van der Waals surface area contributed by atoms with Gasteiger partial charge in [-0.05, 0) is 48.3 Å². The van der Waals surface area contributed by atoms with Crippen LogP contribution in [0.2, 0.25) is 0 Å². The minimum Gasteiger partial charge on any atom is -0.384 e. The summed E-state index contributed by atoms with van der Waals surface area (Å²) >= 11 is 1.72. The first-order valence-corrected chi connectivity index (χ1v) is 8.24. The van der Waals surface area contributed by atoms with E-state index in [-0.39, 0.29) is 0 Å². The number of fused-ring (bicyclic) bond motifs is 1. The molecule has 1 aliphatic rings. The van der Waals surface area contributed by atoms with Gasteiger partial charge in [0, 0.05) is 9.58 Å². The lowest BCUT2D eigenvalue weighted by molar-refractivity contribution is 0.0347. The van der Waals surface area contributed by atoms with Crippen molar-refractivity contribution < 1.29 is 5.11 Å². The number of hydrogen-bond donors (Lipinski definition) is 1. The van der Waals surface area contributed by atoms with Crippen LogP contribution in [0.5, 0.6) is 0 Å². The van der Waals surface area contributed by atoms with Crippen LogP contribution in [0.3, 0.4) is 0 Å². The van der Waals surface area contributed by atoms with Gasteiger partial charge in [0.05, 0.1) is 5.60 Å². The molecule has 3 atom stereocenters. The Morgan fingerprint density at radius 3 is 2.52 bits per heavy atom. The van der Waals surface area contributed by atoms with Crippen molar-refractivity contribution >= 4 is 21.4 Å². The van der Waals surface area contributed by atoms with Gasteiger partial charge in [0.2, 0.25) is 0 Å². The number of benzene rings is 2. The van der Waals surface area contributed by atoms with Crippen LogP contribution in [0.25, 0.3) is 10.1 Å². The summed E-state index contributed by atoms with van der Waals surface area (Å²) in [6.07, 6.45) is 1.07. The van der Waals surface area contributed by atoms with Gasteiger partial charge in [0.1, 0.15) is 0 Å². The monoisotopic (exact) mass is 294 g/mol. The molecule has 1 saturated carbocycles. The zero-order valence-electron chi connectivity index (χ0n) is 12.0. The lowest BCUT2D eigenvalue weighted by Crippen LogP contribution is -2.23. The van der Waals surface area contributed by atoms with Crippen LogP contribution in [-0.4, -0.2) is 5.11 Å². The van der Waals surface area contributed by atoms with E-state index in [1.54, 1.807) is 11.3 Å². The summed E-state index contributed by atoms with van der Waals surface area (Å²) < 4.78 is 1.25. The molecule has 1 aliphatic carbocycles. The zero-order chi connectivity index (χ0) is 14.4. The fourth-order valence-corrected chi connectivity index (χ4v) is 4.47. The molecule has 3 aromatic rings. The van der Waals surface area contributed by atoms with Crippen molar-refractivity contribution in [1.29, 1.82) is 0 Å². The third kappa shape index (κ3) is 2.19. The molecule has 2 heteroatoms. The van der Waals surface area contributed by atoms with Crippen LogP contribution >= 0.6 is 11.3 Å². The van der Waals surface area contributed by atoms with Crippen molar-refractivity contribution in [2.24, 2.45) is 5.92 Å². The molecule has 0 spiro atoms. The maximum atomic E-state index is 11.1. The minimum atomic E-state index is -0.732. The van der Waals surface area contributed by atoms with E-state index in [1.807, 2.05) is 13.0 Å². The maximum Gasteiger partial charge on any atom is 0.0994 e. The van der Waals surface area contributed by atoms with Gasteiger partial charge in [-0.3, -0.25) is 0 Å². The smallest absolute Gasteiger partial charge is 0.0994 e. The molecular formula is C19H18OS. The molecule has 1 fully saturated rings. The second-order valence-corrected chi connectivity index (χ2v) is 7.24. The largest absolute Gasteiger partial charge is 0.384 e. The van der Waals surface area contributed by atoms with E-state index in [0.29, 0.717) is 11.8 Å². The SMILES string of the molecule is CC(O)(c1cc2ccccc2s1)C1CC1c1ccccc1. The number of rotatable bonds is 3. The van der Waals surface area contributed by atoms with Crippen LogP contribution in [0.1, 0.15) is 29.7 Å². The third-order valence-corrected chi connectivity index (χ3v) is 6.01. The van der Waals surface area contributed by atoms with Crippen LogP contribution < -0.4 is 0 Å². The lowest BCUT2D eigenvalue weighted by Gasteiger charge is -2.22. The topological polar surface area (TPSA) is 20.2 Å². The third-order valence-electron chi connectivity index (χ3n) is 4.66. The second-order valence-electron chi connectivity index (χ2n) is 6.16. The number of thiophene rings is 1. The standard InChI is InChI=1S/C19H18OS/c1-19(20,16-12-15(16)13-7-3-2-4-8-13)18-11-14-9-5-6-10-17(14)21-18/h2-11,15-16,20H,12H2,1H3. The number of aliphatic hydroxyl groups is 1. The molecule has 0 bridgehead atoms. The molecule has 21 heavy (non-hydrogen) atoms. The normalized spacial score (nSPS) is 23.9. The molecule has 2 aromatic carbocycles. The molecule has 0 amide bonds. The summed E-state index contributed by atoms with van der Waals surface area (Å²) in [5.74, 6) is 0.819. The van der Waals surface area contributed by atoms with Crippen LogP contribution in [0.4, 0.5) is 0 Å². The summed E-state index contributed by atoms with van der Waals surface area (Å²) in [6.45, 7) is 1.98. The molecule has 1 heterocycles. The predicted octanol–water partition coefficient (Wildman–Crippen LogP) is 4.91. The Kier molecular flexibility index (Phi) is 2.91. The fraction of sp³-hybridized carbons (Fsp3) is 0.263. The second kappa shape index (κ2) is 4.69. The summed E-state index contributed by atoms with van der Waals surface area (Å²) in [4.78, 5) is 1.09. The van der Waals surface area contributed by atoms with Gasteiger partial charge in [-0.2, -0.15) is 0 Å². The molecule has 0 saturated heterocycles. The molecule has 0 aliphatic heterocycles. The Bertz CT molecular complexity index is 739. The predicted molar refractivity (Wildman–Crippen MR) is 88.7 cm³/mol. The van der Waals surface area contributed by atoms with Crippen molar-refractivity contribution in [1.82, 2.24) is 0 Å². The van der Waals surface area contributed by atoms with E-state index in [2.05, 4.69) is 54.6 Å². The van der Waals surface area contributed by atoms with Crippen molar-refractivity contribution in [3.63, 3.8) is 0 Å². The molecule has 1 aromatic heterocycles. The van der Waals surface area contributed by atoms with E-state index in [0.717, 1.165) is 11.3 Å². The van der Waals surface area contributed by atoms with Gasteiger partial charge in [-0.25, -0.2) is 0 Å². The van der Waals surface area contributed by atoms with Crippen LogP contribution in [-0.2, 0) is 5.60 Å². The Labute approximate surface area is 128 Å². The highest BCUT2D eigenvalue weighted by molar-refractivity contribution is 7.19. The van der Waals surface area contributed by atoms with E-state index >= 15 is 0 Å². The van der Waals surface area contributed by atoms with Gasteiger partial charge in [-0.15, -0.1) is 11.3 Å². The average molecular weight is 294 g/mol. The highest BCUT2D eigenvalue weighted by Gasteiger charge is 2.51. The van der Waals surface area contributed by atoms with Crippen molar-refractivity contribution in [2.45, 2.75) is 24.9 Å². The first-order valence-electron chi connectivity index (χ1n) is 7.42. The maximum absolute atomic E-state index is 11.1. The summed E-state index contributed by atoms with van der Waals surface area (Å²) in [5.41, 5.74) is 0.619. The molecule has 1 N–H and O–H groups in total. The van der Waals surface area contributed by atoms with Crippen LogP contribution in [0.15, 0.2) is 60.7 Å². The van der Waals surface area contributed by atoms with Crippen LogP contribution in [0, 0.1) is 5.92 Å². The van der Waals surface area contributed by atoms with Crippen molar-refractivity contribution in [3.05, 3.63) is 71.1 Å². The van der Waals surface area contributed by atoms with Crippen molar-refractivity contribution in [2.75, 3.05) is 0 Å². The first-order chi connectivity index (χ1) is 10.2. The molecule has 0 radical (unpaired) electrons. The van der Waals surface area contributed by atoms with Gasteiger partial charge in [0.15, 0.2) is 0 Å². The zero-order valence-corrected chi connectivity index (χ0v) is 12.8. The van der Waals surface area contributed by atoms with Gasteiger partial charge in [0.25, 0.3) is 0 Å². The molecule has 1 nitrogen and oxygen atoms in total. The Morgan fingerprint density at radius 2 is 1.76 bits per heavy atom. The van der Waals surface area contributed by atoms with Gasteiger partial charge < -0.3 is 5.11 Å². The number of hydrogen-bond acceptors (Lipinski definition) is 2. The molecule has 3 unspecified atom stereocenters. The quantitative estimate of drug-likeness (QED) is 0.727. The van der Waals surface area contributed by atoms with Gasteiger partial charge >= 0.3 is 0 Å². The Balaban J connectivity index is 1.65. The van der Waals surface area contributed by atoms with E-state index in [4.69, 9.17) is 0 Å². The lowest BCUT2D eigenvalue weighted by atomic mass is 9.94. The summed E-state index contributed by atoms with van der Waals surface area (Å²) in [7, 11) is 0. The fourth-order valence-electron chi connectivity index (χ4n) is 3.30. The highest BCUT2D eigenvalue weighted by atomic mass is 32.1. The van der Waals surface area contributed by atoms with E-state index in [1.165, 1.54) is 15.6 Å². The summed E-state index contributed by atoms with van der Waals surface area (Å²) in [6, 6.07) is 21.1. The minimum absolute atomic E-state index is 0.327. The Morgan fingerprint density at radius 1 is 1.05 bits per heavy atom. The molecule has 106 valence electrons. The molecule has 4 rings (SSSR count). The first kappa shape index (κ1) is 13.1. The molecular weight excluding hydrogens is 276 g/mol. The average Bonchev–Trinajstić information content (AvgIpc) is 3.20.